The van der Waals surface area contributed by atoms with Crippen molar-refractivity contribution in [3.8, 4) is 22.3 Å². The predicted molar refractivity (Wildman–Crippen MR) is 262 cm³/mol. The van der Waals surface area contributed by atoms with Crippen LogP contribution in [0, 0.1) is 11.8 Å². The van der Waals surface area contributed by atoms with E-state index in [-0.39, 0.29) is 30.2 Å². The minimum absolute atomic E-state index is 0. The van der Waals surface area contributed by atoms with Crippen molar-refractivity contribution in [2.75, 3.05) is 0 Å². The van der Waals surface area contributed by atoms with Crippen molar-refractivity contribution in [2.24, 2.45) is 25.9 Å². The van der Waals surface area contributed by atoms with Crippen LogP contribution in [0.25, 0.3) is 49.9 Å². The van der Waals surface area contributed by atoms with Crippen LogP contribution in [0.5, 0.6) is 0 Å². The Balaban J connectivity index is 0.000000166. The van der Waals surface area contributed by atoms with Gasteiger partial charge in [0.15, 0.2) is 11.3 Å². The van der Waals surface area contributed by atoms with Gasteiger partial charge < -0.3 is 10.0 Å². The first-order valence-corrected chi connectivity index (χ1v) is 25.3. The van der Waals surface area contributed by atoms with Crippen LogP contribution in [-0.2, 0) is 54.6 Å². The van der Waals surface area contributed by atoms with Crippen molar-refractivity contribution in [3.63, 3.8) is 0 Å². The van der Waals surface area contributed by atoms with E-state index in [4.69, 9.17) is 10.0 Å². The molecule has 0 spiro atoms. The van der Waals surface area contributed by atoms with Gasteiger partial charge in [-0.3, -0.25) is 9.36 Å². The summed E-state index contributed by atoms with van der Waals surface area (Å²) in [5, 5.41) is 27.5. The monoisotopic (exact) mass is 1090 g/mol. The smallest absolute Gasteiger partial charge is 0.423 e. The molecule has 2 aliphatic carbocycles. The maximum atomic E-state index is 13.4. The second kappa shape index (κ2) is 20.9. The third kappa shape index (κ3) is 10.9. The maximum Gasteiger partial charge on any atom is 0.483 e. The molecule has 2 aromatic carbocycles. The molecule has 2 aliphatic rings. The van der Waals surface area contributed by atoms with E-state index in [0.29, 0.717) is 23.1 Å². The van der Waals surface area contributed by atoms with Crippen LogP contribution in [-0.4, -0.2) is 71.5 Å². The number of pyridine rings is 2. The molecule has 19 heteroatoms. The molecular weight excluding hydrogens is 1050 g/mol. The summed E-state index contributed by atoms with van der Waals surface area (Å²) in [6, 6.07) is 20.7. The Bertz CT molecular complexity index is 3310. The number of hydrogen-bond acceptors (Lipinski definition) is 10. The summed E-state index contributed by atoms with van der Waals surface area (Å²) in [6.45, 7) is 4.45. The van der Waals surface area contributed by atoms with Crippen molar-refractivity contribution >= 4 is 70.7 Å². The normalized spacial score (nSPS) is 16.2. The molecule has 2 unspecified atom stereocenters. The van der Waals surface area contributed by atoms with Gasteiger partial charge in [-0.05, 0) is 119 Å². The molecule has 10 rings (SSSR count). The largest absolute Gasteiger partial charge is 0.483 e. The van der Waals surface area contributed by atoms with Gasteiger partial charge in [0, 0.05) is 109 Å². The number of allylic oxidation sites excluding steroid dienone is 4. The summed E-state index contributed by atoms with van der Waals surface area (Å²) in [5.74, 6) is 1.41. The number of rotatable bonds is 8. The van der Waals surface area contributed by atoms with E-state index in [9.17, 15) is 16.8 Å². The first kappa shape index (κ1) is 49.6. The summed E-state index contributed by atoms with van der Waals surface area (Å²) in [7, 11) is -5.08. The van der Waals surface area contributed by atoms with E-state index in [1.165, 1.54) is 13.5 Å². The standard InChI is InChI=1S/C24H24N4O2S.C17H13BrN4O2S.C7H13BO2.Pd/c1-17-8-10-18(11-9-17)19-12-22-23(20-14-26-27(2)15-20)16-28(24(22)25-13-19)31(29,30)21-6-4-3-5-7-21;1-21-10-12(8-20-21)16-11-22(17-15(16)7-13(18)9-19-17)25(23,24)14-5-3-2-4-6-14;1-6-2-4-7(5-3-6)8(9)10;/h3-7,10,12-17H,8-9,11H2,1-2H3;2-11H,1H3;4,6,9-10H,2-3,5H2,1H3;. The molecule has 6 aromatic heterocycles. The summed E-state index contributed by atoms with van der Waals surface area (Å²) >= 11 is 3.41. The Morgan fingerprint density at radius 1 is 0.627 bits per heavy atom. The summed E-state index contributed by atoms with van der Waals surface area (Å²) in [5.41, 5.74) is 7.19. The third-order valence-electron chi connectivity index (χ3n) is 11.9. The van der Waals surface area contributed by atoms with Crippen LogP contribution >= 0.6 is 15.9 Å². The molecule has 67 heavy (non-hydrogen) atoms. The van der Waals surface area contributed by atoms with Crippen LogP contribution in [0.2, 0.25) is 0 Å². The summed E-state index contributed by atoms with van der Waals surface area (Å²) < 4.78 is 59.7. The molecule has 0 aliphatic heterocycles. The van der Waals surface area contributed by atoms with Gasteiger partial charge in [-0.15, -0.1) is 0 Å². The molecular formula is C48H50BBrN8O6PdS2. The zero-order valence-electron chi connectivity index (χ0n) is 37.3. The Morgan fingerprint density at radius 2 is 1.10 bits per heavy atom. The van der Waals surface area contributed by atoms with Crippen molar-refractivity contribution in [2.45, 2.75) is 62.2 Å². The van der Waals surface area contributed by atoms with Crippen LogP contribution in [0.1, 0.15) is 57.9 Å². The number of nitrogens with zero attached hydrogens (tertiary/aromatic N) is 8. The molecule has 6 heterocycles. The molecule has 14 nitrogen and oxygen atoms in total. The molecule has 350 valence electrons. The number of aromatic nitrogens is 8. The number of hydrogen-bond donors (Lipinski definition) is 2. The molecule has 0 fully saturated rings. The second-order valence-electron chi connectivity index (χ2n) is 16.9. The van der Waals surface area contributed by atoms with Crippen LogP contribution in [0.4, 0.5) is 0 Å². The molecule has 8 aromatic rings. The van der Waals surface area contributed by atoms with Crippen LogP contribution in [0.3, 0.4) is 0 Å². The topological polar surface area (TPSA) is 180 Å². The Morgan fingerprint density at radius 3 is 1.54 bits per heavy atom. The minimum Gasteiger partial charge on any atom is -0.423 e. The molecule has 0 bridgehead atoms. The molecule has 0 saturated heterocycles. The number of fused-ring (bicyclic) bond motifs is 2. The molecule has 0 saturated carbocycles. The van der Waals surface area contributed by atoms with Gasteiger partial charge in [-0.25, -0.2) is 34.7 Å². The molecule has 2 N–H and O–H groups in total. The van der Waals surface area contributed by atoms with Crippen LogP contribution in [0.15, 0.2) is 154 Å². The summed E-state index contributed by atoms with van der Waals surface area (Å²) in [6.07, 6.45) is 24.2. The van der Waals surface area contributed by atoms with Crippen molar-refractivity contribution in [1.29, 1.82) is 0 Å². The van der Waals surface area contributed by atoms with Crippen molar-refractivity contribution in [3.05, 3.63) is 150 Å². The van der Waals surface area contributed by atoms with E-state index < -0.39 is 27.2 Å². The fraction of sp³-hybridized carbons (Fsp3) is 0.250. The summed E-state index contributed by atoms with van der Waals surface area (Å²) in [4.78, 5) is 9.42. The van der Waals surface area contributed by atoms with E-state index in [1.807, 2.05) is 38.6 Å². The quantitative estimate of drug-likeness (QED) is 0.140. The molecule has 0 radical (unpaired) electrons. The van der Waals surface area contributed by atoms with E-state index in [1.54, 1.807) is 107 Å². The van der Waals surface area contributed by atoms with Gasteiger partial charge in [0.05, 0.1) is 22.2 Å². The molecule has 2 atom stereocenters. The van der Waals surface area contributed by atoms with Gasteiger partial charge in [0.1, 0.15) is 0 Å². The number of halogens is 1. The minimum atomic E-state index is -3.78. The Kier molecular flexibility index (Phi) is 15.5. The number of benzene rings is 2. The zero-order valence-corrected chi connectivity index (χ0v) is 42.1. The molecule has 0 amide bonds. The van der Waals surface area contributed by atoms with Gasteiger partial charge in [-0.1, -0.05) is 62.4 Å². The zero-order chi connectivity index (χ0) is 46.8. The van der Waals surface area contributed by atoms with Crippen LogP contribution < -0.4 is 0 Å². The average molecular weight is 1100 g/mol. The van der Waals surface area contributed by atoms with E-state index >= 15 is 0 Å². The first-order valence-electron chi connectivity index (χ1n) is 21.6. The Labute approximate surface area is 413 Å². The Hall–Kier alpha value is -5.25. The van der Waals surface area contributed by atoms with E-state index in [2.05, 4.69) is 62.1 Å². The van der Waals surface area contributed by atoms with Crippen molar-refractivity contribution in [1.82, 2.24) is 37.5 Å². The maximum absolute atomic E-state index is 13.4. The fourth-order valence-electron chi connectivity index (χ4n) is 8.12. The van der Waals surface area contributed by atoms with Crippen molar-refractivity contribution < 1.29 is 47.3 Å². The predicted octanol–water partition coefficient (Wildman–Crippen LogP) is 9.06. The van der Waals surface area contributed by atoms with Gasteiger partial charge in [-0.2, -0.15) is 10.2 Å². The van der Waals surface area contributed by atoms with Gasteiger partial charge >= 0.3 is 7.12 Å². The van der Waals surface area contributed by atoms with E-state index in [0.717, 1.165) is 87.1 Å². The second-order valence-corrected chi connectivity index (χ2v) is 21.4. The van der Waals surface area contributed by atoms with Gasteiger partial charge in [0.25, 0.3) is 20.0 Å². The fourth-order valence-corrected chi connectivity index (χ4v) is 11.1. The first-order chi connectivity index (χ1) is 31.6. The SMILES string of the molecule is CC1CC=C(B(O)O)CC1.CC1CC=C(c2cnc3c(c2)c(-c2cnn(C)c2)cn3S(=O)(=O)c2ccccc2)CC1.Cn1cc(-c2cn(S(=O)(=O)c3ccccc3)c3ncc(Br)cc23)cn1.[Pd]. The number of aryl methyl sites for hydroxylation is 2. The third-order valence-corrected chi connectivity index (χ3v) is 15.7. The average Bonchev–Trinajstić information content (AvgIpc) is 4.13. The van der Waals surface area contributed by atoms with Gasteiger partial charge in [0.2, 0.25) is 0 Å².